The molecule has 2 aromatic rings. The number of rotatable bonds is 8. The maximum atomic E-state index is 5.40. The maximum Gasteiger partial charge on any atom is 0.229 e. The minimum absolute atomic E-state index is 0.543. The van der Waals surface area contributed by atoms with Gasteiger partial charge in [-0.3, -0.25) is 0 Å². The van der Waals surface area contributed by atoms with E-state index in [1.807, 2.05) is 37.3 Å². The Morgan fingerprint density at radius 1 is 1.14 bits per heavy atom. The average Bonchev–Trinajstić information content (AvgIpc) is 2.50. The molecule has 0 fully saturated rings. The minimum atomic E-state index is 0.543. The summed E-state index contributed by atoms with van der Waals surface area (Å²) in [7, 11) is 1.67. The van der Waals surface area contributed by atoms with Crippen molar-refractivity contribution in [2.75, 3.05) is 37.5 Å². The second kappa shape index (κ2) is 8.06. The number of methoxy groups -OCH3 is 1. The van der Waals surface area contributed by atoms with Gasteiger partial charge >= 0.3 is 0 Å². The lowest BCUT2D eigenvalue weighted by atomic mass is 10.3. The highest BCUT2D eigenvalue weighted by atomic mass is 16.5. The summed E-state index contributed by atoms with van der Waals surface area (Å²) in [6.45, 7) is 3.95. The van der Waals surface area contributed by atoms with Crippen LogP contribution in [0, 0.1) is 0 Å². The average molecular weight is 288 g/mol. The van der Waals surface area contributed by atoms with Crippen LogP contribution in [0.2, 0.25) is 0 Å². The summed E-state index contributed by atoms with van der Waals surface area (Å²) in [5.74, 6) is 2.15. The van der Waals surface area contributed by atoms with Gasteiger partial charge in [0.1, 0.15) is 11.6 Å². The van der Waals surface area contributed by atoms with Crippen LogP contribution in [0.1, 0.15) is 6.92 Å². The lowest BCUT2D eigenvalue weighted by Crippen LogP contribution is -2.09. The number of nitrogens with zero attached hydrogens (tertiary/aromatic N) is 2. The summed E-state index contributed by atoms with van der Waals surface area (Å²) < 4.78 is 10.4. The molecule has 0 saturated carbocycles. The molecule has 0 aliphatic carbocycles. The number of benzene rings is 1. The monoisotopic (exact) mass is 288 g/mol. The largest absolute Gasteiger partial charge is 0.494 e. The van der Waals surface area contributed by atoms with Gasteiger partial charge in [-0.05, 0) is 37.3 Å². The Bertz CT molecular complexity index is 546. The topological polar surface area (TPSA) is 68.3 Å². The molecule has 0 aliphatic heterocycles. The van der Waals surface area contributed by atoms with Crippen LogP contribution >= 0.6 is 0 Å². The van der Waals surface area contributed by atoms with Gasteiger partial charge in [0.15, 0.2) is 0 Å². The summed E-state index contributed by atoms with van der Waals surface area (Å²) in [4.78, 5) is 8.58. The van der Waals surface area contributed by atoms with E-state index in [2.05, 4.69) is 20.6 Å². The fraction of sp³-hybridized carbons (Fsp3) is 0.333. The summed E-state index contributed by atoms with van der Waals surface area (Å²) >= 11 is 0. The van der Waals surface area contributed by atoms with E-state index in [1.165, 1.54) is 0 Å². The van der Waals surface area contributed by atoms with Crippen LogP contribution < -0.4 is 15.4 Å². The molecule has 6 heteroatoms. The molecular formula is C15H20N4O2. The van der Waals surface area contributed by atoms with Gasteiger partial charge in [0.2, 0.25) is 5.95 Å². The second-order valence-corrected chi connectivity index (χ2v) is 4.27. The van der Waals surface area contributed by atoms with Gasteiger partial charge in [-0.15, -0.1) is 0 Å². The van der Waals surface area contributed by atoms with E-state index in [0.29, 0.717) is 25.7 Å². The van der Waals surface area contributed by atoms with E-state index in [1.54, 1.807) is 13.3 Å². The highest BCUT2D eigenvalue weighted by Crippen LogP contribution is 2.18. The smallest absolute Gasteiger partial charge is 0.229 e. The van der Waals surface area contributed by atoms with Crippen LogP contribution in [0.4, 0.5) is 17.5 Å². The van der Waals surface area contributed by atoms with Crippen LogP contribution in [-0.4, -0.2) is 36.8 Å². The van der Waals surface area contributed by atoms with Crippen LogP contribution in [0.25, 0.3) is 0 Å². The van der Waals surface area contributed by atoms with Gasteiger partial charge in [0.05, 0.1) is 13.2 Å². The molecule has 112 valence electrons. The Hall–Kier alpha value is -2.34. The van der Waals surface area contributed by atoms with Crippen molar-refractivity contribution in [3.05, 3.63) is 36.5 Å². The highest BCUT2D eigenvalue weighted by molar-refractivity contribution is 5.55. The molecule has 0 bridgehead atoms. The Kier molecular flexibility index (Phi) is 5.78. The van der Waals surface area contributed by atoms with Crippen molar-refractivity contribution >= 4 is 17.5 Å². The molecule has 21 heavy (non-hydrogen) atoms. The van der Waals surface area contributed by atoms with Crippen molar-refractivity contribution < 1.29 is 9.47 Å². The molecule has 1 heterocycles. The quantitative estimate of drug-likeness (QED) is 0.728. The van der Waals surface area contributed by atoms with E-state index >= 15 is 0 Å². The first-order valence-electron chi connectivity index (χ1n) is 6.87. The molecule has 0 amide bonds. The van der Waals surface area contributed by atoms with Crippen LogP contribution in [-0.2, 0) is 4.74 Å². The molecule has 0 aliphatic rings. The van der Waals surface area contributed by atoms with Crippen molar-refractivity contribution in [2.24, 2.45) is 0 Å². The van der Waals surface area contributed by atoms with Gasteiger partial charge in [0.25, 0.3) is 0 Å². The van der Waals surface area contributed by atoms with Crippen LogP contribution in [0.3, 0.4) is 0 Å². The first-order valence-corrected chi connectivity index (χ1v) is 6.87. The summed E-state index contributed by atoms with van der Waals surface area (Å²) in [5.41, 5.74) is 0.910. The number of anilines is 3. The molecule has 1 aromatic heterocycles. The van der Waals surface area contributed by atoms with Crippen molar-refractivity contribution in [2.45, 2.75) is 6.92 Å². The molecule has 6 nitrogen and oxygen atoms in total. The summed E-state index contributed by atoms with van der Waals surface area (Å²) in [6.07, 6.45) is 1.71. The van der Waals surface area contributed by atoms with Crippen molar-refractivity contribution in [1.29, 1.82) is 0 Å². The molecule has 0 spiro atoms. The molecule has 0 radical (unpaired) electrons. The summed E-state index contributed by atoms with van der Waals surface area (Å²) in [5, 5.41) is 6.32. The summed E-state index contributed by atoms with van der Waals surface area (Å²) in [6, 6.07) is 9.50. The third-order valence-electron chi connectivity index (χ3n) is 2.69. The predicted molar refractivity (Wildman–Crippen MR) is 83.3 cm³/mol. The molecular weight excluding hydrogens is 268 g/mol. The number of aromatic nitrogens is 2. The number of hydrogen-bond acceptors (Lipinski definition) is 6. The van der Waals surface area contributed by atoms with E-state index in [4.69, 9.17) is 9.47 Å². The van der Waals surface area contributed by atoms with Gasteiger partial charge in [-0.1, -0.05) is 0 Å². The SMILES string of the molecule is CCOc1ccc(Nc2nccc(NCCOC)n2)cc1. The van der Waals surface area contributed by atoms with E-state index in [0.717, 1.165) is 17.3 Å². The molecule has 2 N–H and O–H groups in total. The van der Waals surface area contributed by atoms with Crippen LogP contribution in [0.15, 0.2) is 36.5 Å². The fourth-order valence-corrected chi connectivity index (χ4v) is 1.73. The van der Waals surface area contributed by atoms with Gasteiger partial charge in [-0.25, -0.2) is 4.98 Å². The zero-order valence-electron chi connectivity index (χ0n) is 12.3. The molecule has 0 unspecified atom stereocenters. The van der Waals surface area contributed by atoms with Crippen molar-refractivity contribution in [3.8, 4) is 5.75 Å². The van der Waals surface area contributed by atoms with Crippen molar-refractivity contribution in [3.63, 3.8) is 0 Å². The molecule has 1 aromatic carbocycles. The standard InChI is InChI=1S/C15H20N4O2/c1-3-21-13-6-4-12(5-7-13)18-15-17-9-8-14(19-15)16-10-11-20-2/h4-9H,3,10-11H2,1-2H3,(H2,16,17,18,19). The highest BCUT2D eigenvalue weighted by Gasteiger charge is 2.00. The van der Waals surface area contributed by atoms with E-state index in [-0.39, 0.29) is 0 Å². The third-order valence-corrected chi connectivity index (χ3v) is 2.69. The van der Waals surface area contributed by atoms with Gasteiger partial charge in [-0.2, -0.15) is 4.98 Å². The van der Waals surface area contributed by atoms with Crippen molar-refractivity contribution in [1.82, 2.24) is 9.97 Å². The first-order chi connectivity index (χ1) is 10.3. The normalized spacial score (nSPS) is 10.2. The molecule has 2 rings (SSSR count). The number of hydrogen-bond donors (Lipinski definition) is 2. The first kappa shape index (κ1) is 15.1. The predicted octanol–water partition coefficient (Wildman–Crippen LogP) is 2.68. The lowest BCUT2D eigenvalue weighted by molar-refractivity contribution is 0.210. The van der Waals surface area contributed by atoms with Gasteiger partial charge in [0, 0.05) is 25.5 Å². The number of nitrogens with one attached hydrogen (secondary N) is 2. The Morgan fingerprint density at radius 3 is 2.67 bits per heavy atom. The van der Waals surface area contributed by atoms with Crippen LogP contribution in [0.5, 0.6) is 5.75 Å². The Morgan fingerprint density at radius 2 is 1.95 bits per heavy atom. The van der Waals surface area contributed by atoms with Gasteiger partial charge < -0.3 is 20.1 Å². The maximum absolute atomic E-state index is 5.40. The van der Waals surface area contributed by atoms with E-state index in [9.17, 15) is 0 Å². The Balaban J connectivity index is 1.96. The lowest BCUT2D eigenvalue weighted by Gasteiger charge is -2.09. The fourth-order valence-electron chi connectivity index (χ4n) is 1.73. The van der Waals surface area contributed by atoms with E-state index < -0.39 is 0 Å². The molecule has 0 atom stereocenters. The number of ether oxygens (including phenoxy) is 2. The Labute approximate surface area is 124 Å². The second-order valence-electron chi connectivity index (χ2n) is 4.27. The third kappa shape index (κ3) is 4.92. The molecule has 0 saturated heterocycles. The minimum Gasteiger partial charge on any atom is -0.494 e. The zero-order valence-corrected chi connectivity index (χ0v) is 12.3. The zero-order chi connectivity index (χ0) is 14.9.